The number of carbonyl (C=O) groups is 2. The van der Waals surface area contributed by atoms with Crippen molar-refractivity contribution in [1.29, 1.82) is 0 Å². The van der Waals surface area contributed by atoms with E-state index in [1.165, 1.54) is 4.90 Å². The van der Waals surface area contributed by atoms with Gasteiger partial charge in [0.2, 0.25) is 0 Å². The third kappa shape index (κ3) is 5.41. The van der Waals surface area contributed by atoms with Crippen LogP contribution >= 0.6 is 23.4 Å². The van der Waals surface area contributed by atoms with Crippen LogP contribution < -0.4 is 0 Å². The molecule has 0 N–H and O–H groups in total. The lowest BCUT2D eigenvalue weighted by Crippen LogP contribution is -2.64. The Morgan fingerprint density at radius 2 is 1.59 bits per heavy atom. The number of thioether (sulfide) groups is 1. The van der Waals surface area contributed by atoms with Gasteiger partial charge in [-0.3, -0.25) is 14.7 Å². The summed E-state index contributed by atoms with van der Waals surface area (Å²) in [5.74, 6) is 0.0830. The highest BCUT2D eigenvalue weighted by atomic mass is 35.5. The number of β-lactam (4-membered cyclic amide) rings is 1. The largest absolute Gasteiger partial charge is 0.448 e. The van der Waals surface area contributed by atoms with Crippen LogP contribution in [0.4, 0.5) is 0 Å². The van der Waals surface area contributed by atoms with Crippen molar-refractivity contribution < 1.29 is 14.3 Å². The second-order valence-electron chi connectivity index (χ2n) is 8.58. The molecule has 37 heavy (non-hydrogen) atoms. The minimum absolute atomic E-state index is 0.218. The first kappa shape index (κ1) is 25.1. The maximum atomic E-state index is 13.8. The van der Waals surface area contributed by atoms with Crippen molar-refractivity contribution in [2.75, 3.05) is 11.6 Å². The molecule has 2 aliphatic heterocycles. The molecule has 0 aromatic heterocycles. The number of halogens is 1. The van der Waals surface area contributed by atoms with Crippen LogP contribution in [0.25, 0.3) is 0 Å². The first-order valence-electron chi connectivity index (χ1n) is 12.0. The molecule has 1 saturated heterocycles. The van der Waals surface area contributed by atoms with Gasteiger partial charge in [-0.1, -0.05) is 103 Å². The lowest BCUT2D eigenvalue weighted by atomic mass is 10.0. The van der Waals surface area contributed by atoms with Gasteiger partial charge in [-0.25, -0.2) is 4.79 Å². The quantitative estimate of drug-likeness (QED) is 0.161. The zero-order chi connectivity index (χ0) is 25.6. The minimum atomic E-state index is -0.614. The van der Waals surface area contributed by atoms with Crippen LogP contribution in [0.15, 0.2) is 119 Å². The van der Waals surface area contributed by atoms with E-state index in [1.54, 1.807) is 30.1 Å². The van der Waals surface area contributed by atoms with E-state index in [9.17, 15) is 9.59 Å². The Hall–Kier alpha value is -3.61. The number of alkyl halides is 1. The fourth-order valence-corrected chi connectivity index (χ4v) is 5.78. The summed E-state index contributed by atoms with van der Waals surface area (Å²) in [5.41, 5.74) is 3.60. The summed E-state index contributed by atoms with van der Waals surface area (Å²) in [6, 6.07) is 28.3. The van der Waals surface area contributed by atoms with Gasteiger partial charge >= 0.3 is 5.97 Å². The molecule has 3 aromatic carbocycles. The molecule has 7 heteroatoms. The van der Waals surface area contributed by atoms with Crippen molar-refractivity contribution in [1.82, 2.24) is 4.90 Å². The molecule has 0 radical (unpaired) electrons. The Balaban J connectivity index is 1.44. The Morgan fingerprint density at radius 1 is 1.00 bits per heavy atom. The van der Waals surface area contributed by atoms with Crippen LogP contribution in [-0.2, 0) is 14.3 Å². The number of aliphatic imine (C=N–C) groups is 1. The van der Waals surface area contributed by atoms with Crippen molar-refractivity contribution in [2.24, 2.45) is 4.99 Å². The molecule has 1 amide bonds. The molecule has 0 saturated carbocycles. The lowest BCUT2D eigenvalue weighted by Gasteiger charge is -2.48. The van der Waals surface area contributed by atoms with Gasteiger partial charge < -0.3 is 4.74 Å². The summed E-state index contributed by atoms with van der Waals surface area (Å²) in [7, 11) is 0. The summed E-state index contributed by atoms with van der Waals surface area (Å²) >= 11 is 7.47. The number of allylic oxidation sites excluding steroid dienone is 2. The number of carbonyl (C=O) groups excluding carboxylic acids is 2. The number of ether oxygens (including phenoxy) is 1. The summed E-state index contributed by atoms with van der Waals surface area (Å²) in [4.78, 5) is 33.1. The molecule has 1 fully saturated rings. The highest BCUT2D eigenvalue weighted by molar-refractivity contribution is 8.00. The van der Waals surface area contributed by atoms with Gasteiger partial charge in [-0.2, -0.15) is 0 Å². The standard InChI is InChI=1S/C30H25ClN2O3S/c31-18-10-17-24-20-37-29-25(32-19-21-11-4-1-5-12-21)28(34)33(29)26(24)30(35)36-27(22-13-6-2-7-14-22)23-15-8-3-9-16-23/h1-17,19,25,27,29H,18,20H2/t25?,29-/m1/s1. The normalized spacial score (nSPS) is 19.4. The zero-order valence-electron chi connectivity index (χ0n) is 19.9. The van der Waals surface area contributed by atoms with Gasteiger partial charge in [0, 0.05) is 17.8 Å². The molecule has 186 valence electrons. The third-order valence-electron chi connectivity index (χ3n) is 6.18. The second kappa shape index (κ2) is 11.6. The number of fused-ring (bicyclic) bond motifs is 1. The van der Waals surface area contributed by atoms with Gasteiger partial charge in [0.1, 0.15) is 11.1 Å². The van der Waals surface area contributed by atoms with Crippen LogP contribution in [0.2, 0.25) is 0 Å². The first-order valence-corrected chi connectivity index (χ1v) is 13.5. The van der Waals surface area contributed by atoms with E-state index >= 15 is 0 Å². The van der Waals surface area contributed by atoms with Gasteiger partial charge in [-0.05, 0) is 22.3 Å². The van der Waals surface area contributed by atoms with Crippen molar-refractivity contribution in [2.45, 2.75) is 17.5 Å². The Bertz CT molecular complexity index is 1300. The summed E-state index contributed by atoms with van der Waals surface area (Å²) in [6.45, 7) is 0. The van der Waals surface area contributed by atoms with Crippen molar-refractivity contribution in [3.8, 4) is 0 Å². The maximum Gasteiger partial charge on any atom is 0.356 e. The molecule has 3 aromatic rings. The van der Waals surface area contributed by atoms with E-state index in [0.717, 1.165) is 16.7 Å². The molecule has 1 unspecified atom stereocenters. The Labute approximate surface area is 225 Å². The topological polar surface area (TPSA) is 59.0 Å². The molecular formula is C30H25ClN2O3S. The number of amides is 1. The molecule has 2 heterocycles. The fraction of sp³-hybridized carbons (Fsp3) is 0.167. The first-order chi connectivity index (χ1) is 18.2. The molecule has 5 nitrogen and oxygen atoms in total. The van der Waals surface area contributed by atoms with Crippen LogP contribution in [-0.4, -0.2) is 46.0 Å². The van der Waals surface area contributed by atoms with Gasteiger partial charge in [0.05, 0.1) is 0 Å². The van der Waals surface area contributed by atoms with Gasteiger partial charge in [0.15, 0.2) is 12.1 Å². The van der Waals surface area contributed by atoms with Crippen molar-refractivity contribution in [3.05, 3.63) is 131 Å². The molecular weight excluding hydrogens is 504 g/mol. The smallest absolute Gasteiger partial charge is 0.356 e. The van der Waals surface area contributed by atoms with E-state index in [1.807, 2.05) is 91.0 Å². The number of benzene rings is 3. The summed E-state index contributed by atoms with van der Waals surface area (Å²) in [6.07, 6.45) is 4.68. The average Bonchev–Trinajstić information content (AvgIpc) is 2.95. The number of nitrogens with zero attached hydrogens (tertiary/aromatic N) is 2. The van der Waals surface area contributed by atoms with E-state index < -0.39 is 18.1 Å². The van der Waals surface area contributed by atoms with Crippen LogP contribution in [0, 0.1) is 0 Å². The molecule has 5 rings (SSSR count). The van der Waals surface area contributed by atoms with Crippen LogP contribution in [0.5, 0.6) is 0 Å². The Morgan fingerprint density at radius 3 is 2.19 bits per heavy atom. The lowest BCUT2D eigenvalue weighted by molar-refractivity contribution is -0.152. The van der Waals surface area contributed by atoms with Crippen LogP contribution in [0.3, 0.4) is 0 Å². The SMILES string of the molecule is O=C(OC(c1ccccc1)c1ccccc1)C1=C(C=CCCl)CS[C@@H]2C(N=Cc3ccccc3)C(=O)N12. The highest BCUT2D eigenvalue weighted by Gasteiger charge is 2.53. The van der Waals surface area contributed by atoms with Crippen LogP contribution in [0.1, 0.15) is 22.8 Å². The second-order valence-corrected chi connectivity index (χ2v) is 9.99. The predicted octanol–water partition coefficient (Wildman–Crippen LogP) is 5.77. The zero-order valence-corrected chi connectivity index (χ0v) is 21.5. The van der Waals surface area contributed by atoms with E-state index in [4.69, 9.17) is 16.3 Å². The van der Waals surface area contributed by atoms with E-state index in [2.05, 4.69) is 4.99 Å². The molecule has 0 spiro atoms. The number of esters is 1. The molecule has 0 bridgehead atoms. The highest BCUT2D eigenvalue weighted by Crippen LogP contribution is 2.43. The van der Waals surface area contributed by atoms with E-state index in [-0.39, 0.29) is 17.0 Å². The minimum Gasteiger partial charge on any atom is -0.448 e. The number of hydrogen-bond acceptors (Lipinski definition) is 5. The third-order valence-corrected chi connectivity index (χ3v) is 7.65. The maximum absolute atomic E-state index is 13.8. The van der Waals surface area contributed by atoms with Gasteiger partial charge in [0.25, 0.3) is 5.91 Å². The average molecular weight is 529 g/mol. The van der Waals surface area contributed by atoms with Crippen molar-refractivity contribution >= 4 is 41.5 Å². The van der Waals surface area contributed by atoms with Crippen molar-refractivity contribution in [3.63, 3.8) is 0 Å². The number of rotatable bonds is 8. The van der Waals surface area contributed by atoms with E-state index in [0.29, 0.717) is 17.2 Å². The summed E-state index contributed by atoms with van der Waals surface area (Å²) in [5, 5.41) is -0.268. The monoisotopic (exact) mass is 528 g/mol. The molecule has 0 aliphatic carbocycles. The number of hydrogen-bond donors (Lipinski definition) is 0. The Kier molecular flexibility index (Phi) is 7.87. The molecule has 2 aliphatic rings. The summed E-state index contributed by atoms with van der Waals surface area (Å²) < 4.78 is 6.13. The van der Waals surface area contributed by atoms with Gasteiger partial charge in [-0.15, -0.1) is 23.4 Å². The predicted molar refractivity (Wildman–Crippen MR) is 149 cm³/mol. The fourth-order valence-electron chi connectivity index (χ4n) is 4.38. The molecule has 2 atom stereocenters.